The second kappa shape index (κ2) is 9.51. The molecule has 0 amide bonds. The van der Waals surface area contributed by atoms with Crippen molar-refractivity contribution in [3.63, 3.8) is 0 Å². The van der Waals surface area contributed by atoms with E-state index in [0.717, 1.165) is 49.7 Å². The number of nitrogens with one attached hydrogen (secondary N) is 2. The Bertz CT molecular complexity index is 783. The van der Waals surface area contributed by atoms with E-state index in [9.17, 15) is 0 Å². The van der Waals surface area contributed by atoms with Gasteiger partial charge in [0.15, 0.2) is 5.11 Å². The molecule has 2 aromatic carbocycles. The Morgan fingerprint density at radius 1 is 1.15 bits per heavy atom. The van der Waals surface area contributed by atoms with Gasteiger partial charge in [-0.15, -0.1) is 0 Å². The van der Waals surface area contributed by atoms with Crippen LogP contribution in [0.5, 0.6) is 0 Å². The van der Waals surface area contributed by atoms with E-state index in [1.54, 1.807) is 0 Å². The van der Waals surface area contributed by atoms with Gasteiger partial charge in [-0.05, 0) is 54.4 Å². The maximum absolute atomic E-state index is 6.36. The third-order valence-corrected chi connectivity index (χ3v) is 5.27. The number of hydrogen-bond acceptors (Lipinski definition) is 3. The predicted molar refractivity (Wildman–Crippen MR) is 117 cm³/mol. The van der Waals surface area contributed by atoms with Gasteiger partial charge in [-0.2, -0.15) is 0 Å². The Balaban J connectivity index is 1.60. The van der Waals surface area contributed by atoms with E-state index >= 15 is 0 Å². The molecular weight excluding hydrogens is 378 g/mol. The minimum Gasteiger partial charge on any atom is -0.379 e. The highest BCUT2D eigenvalue weighted by Crippen LogP contribution is 2.27. The van der Waals surface area contributed by atoms with E-state index in [0.29, 0.717) is 16.7 Å². The van der Waals surface area contributed by atoms with Crippen LogP contribution in [0.4, 0.5) is 5.69 Å². The summed E-state index contributed by atoms with van der Waals surface area (Å²) < 4.78 is 5.44. The topological polar surface area (TPSA) is 36.5 Å². The smallest absolute Gasteiger partial charge is 0.171 e. The Kier molecular flexibility index (Phi) is 7.07. The minimum absolute atomic E-state index is 0.574. The SMILES string of the molecule is Cc1cc(C)c(NC(=S)NCc2ccccc2CN2CCOCC2)c(Cl)c1. The number of anilines is 1. The molecule has 6 heteroatoms. The molecule has 27 heavy (non-hydrogen) atoms. The van der Waals surface area contributed by atoms with E-state index in [1.165, 1.54) is 11.1 Å². The lowest BCUT2D eigenvalue weighted by Crippen LogP contribution is -2.36. The summed E-state index contributed by atoms with van der Waals surface area (Å²) in [6.45, 7) is 9.25. The molecule has 0 aromatic heterocycles. The van der Waals surface area contributed by atoms with Crippen molar-refractivity contribution in [2.24, 2.45) is 0 Å². The van der Waals surface area contributed by atoms with Gasteiger partial charge in [-0.3, -0.25) is 4.90 Å². The molecule has 0 bridgehead atoms. The average molecular weight is 404 g/mol. The van der Waals surface area contributed by atoms with Gasteiger partial charge in [0.2, 0.25) is 0 Å². The van der Waals surface area contributed by atoms with Crippen LogP contribution in [0.15, 0.2) is 36.4 Å². The van der Waals surface area contributed by atoms with Crippen molar-refractivity contribution < 1.29 is 4.74 Å². The van der Waals surface area contributed by atoms with Crippen molar-refractivity contribution in [1.29, 1.82) is 0 Å². The summed E-state index contributed by atoms with van der Waals surface area (Å²) in [7, 11) is 0. The van der Waals surface area contributed by atoms with Gasteiger partial charge in [-0.25, -0.2) is 0 Å². The molecule has 1 aliphatic rings. The lowest BCUT2D eigenvalue weighted by molar-refractivity contribution is 0.0341. The van der Waals surface area contributed by atoms with Crippen LogP contribution < -0.4 is 10.6 Å². The van der Waals surface area contributed by atoms with Gasteiger partial charge in [0.05, 0.1) is 23.9 Å². The standard InChI is InChI=1S/C21H26ClN3OS/c1-15-11-16(2)20(19(22)12-15)24-21(27)23-13-17-5-3-4-6-18(17)14-25-7-9-26-10-8-25/h3-6,11-12H,7-10,13-14H2,1-2H3,(H2,23,24,27). The number of rotatable bonds is 5. The molecule has 1 saturated heterocycles. The lowest BCUT2D eigenvalue weighted by atomic mass is 10.1. The van der Waals surface area contributed by atoms with E-state index < -0.39 is 0 Å². The zero-order valence-corrected chi connectivity index (χ0v) is 17.4. The lowest BCUT2D eigenvalue weighted by Gasteiger charge is -2.27. The van der Waals surface area contributed by atoms with E-state index in [4.69, 9.17) is 28.6 Å². The first-order chi connectivity index (χ1) is 13.0. The Labute approximate surface area is 171 Å². The fourth-order valence-electron chi connectivity index (χ4n) is 3.29. The molecule has 0 aliphatic carbocycles. The van der Waals surface area contributed by atoms with Crippen LogP contribution in [0.25, 0.3) is 0 Å². The van der Waals surface area contributed by atoms with Crippen LogP contribution in [-0.2, 0) is 17.8 Å². The van der Waals surface area contributed by atoms with Crippen LogP contribution in [0.2, 0.25) is 5.02 Å². The van der Waals surface area contributed by atoms with Gasteiger partial charge < -0.3 is 15.4 Å². The maximum Gasteiger partial charge on any atom is 0.171 e. The number of ether oxygens (including phenoxy) is 1. The van der Waals surface area contributed by atoms with Crippen molar-refractivity contribution in [2.45, 2.75) is 26.9 Å². The van der Waals surface area contributed by atoms with Gasteiger partial charge in [0, 0.05) is 26.2 Å². The van der Waals surface area contributed by atoms with Crippen LogP contribution >= 0.6 is 23.8 Å². The van der Waals surface area contributed by atoms with Crippen LogP contribution in [0, 0.1) is 13.8 Å². The van der Waals surface area contributed by atoms with Crippen molar-refractivity contribution in [2.75, 3.05) is 31.6 Å². The number of nitrogens with zero attached hydrogens (tertiary/aromatic N) is 1. The zero-order chi connectivity index (χ0) is 19.2. The monoisotopic (exact) mass is 403 g/mol. The highest BCUT2D eigenvalue weighted by atomic mass is 35.5. The van der Waals surface area contributed by atoms with Gasteiger partial charge >= 0.3 is 0 Å². The largest absolute Gasteiger partial charge is 0.379 e. The average Bonchev–Trinajstić information content (AvgIpc) is 2.65. The highest BCUT2D eigenvalue weighted by Gasteiger charge is 2.13. The number of hydrogen-bond donors (Lipinski definition) is 2. The predicted octanol–water partition coefficient (Wildman–Crippen LogP) is 4.28. The molecule has 1 aliphatic heterocycles. The first kappa shape index (κ1) is 20.1. The van der Waals surface area contributed by atoms with Gasteiger partial charge in [-0.1, -0.05) is 41.9 Å². The molecular formula is C21H26ClN3OS. The zero-order valence-electron chi connectivity index (χ0n) is 15.8. The molecule has 2 N–H and O–H groups in total. The van der Waals surface area contributed by atoms with Crippen molar-refractivity contribution in [3.05, 3.63) is 63.7 Å². The number of thiocarbonyl (C=S) groups is 1. The highest BCUT2D eigenvalue weighted by molar-refractivity contribution is 7.80. The minimum atomic E-state index is 0.574. The summed E-state index contributed by atoms with van der Waals surface area (Å²) in [5.41, 5.74) is 5.65. The second-order valence-electron chi connectivity index (χ2n) is 6.90. The quantitative estimate of drug-likeness (QED) is 0.729. The summed E-state index contributed by atoms with van der Waals surface area (Å²) in [5.74, 6) is 0. The summed E-state index contributed by atoms with van der Waals surface area (Å²) in [6, 6.07) is 12.5. The third kappa shape index (κ3) is 5.66. The van der Waals surface area contributed by atoms with Crippen molar-refractivity contribution >= 4 is 34.6 Å². The van der Waals surface area contributed by atoms with Gasteiger partial charge in [0.1, 0.15) is 0 Å². The second-order valence-corrected chi connectivity index (χ2v) is 7.72. The van der Waals surface area contributed by atoms with Crippen LogP contribution in [0.1, 0.15) is 22.3 Å². The Morgan fingerprint density at radius 2 is 1.85 bits per heavy atom. The first-order valence-electron chi connectivity index (χ1n) is 9.21. The molecule has 0 saturated carbocycles. The molecule has 1 heterocycles. The molecule has 0 unspecified atom stereocenters. The first-order valence-corrected chi connectivity index (χ1v) is 10.00. The maximum atomic E-state index is 6.36. The number of benzene rings is 2. The number of aryl methyl sites for hydroxylation is 2. The number of morpholine rings is 1. The molecule has 2 aromatic rings. The molecule has 1 fully saturated rings. The van der Waals surface area contributed by atoms with Crippen molar-refractivity contribution in [1.82, 2.24) is 10.2 Å². The Hall–Kier alpha value is -1.66. The van der Waals surface area contributed by atoms with Crippen LogP contribution in [0.3, 0.4) is 0 Å². The molecule has 0 spiro atoms. The molecule has 0 atom stereocenters. The summed E-state index contributed by atoms with van der Waals surface area (Å²) in [4.78, 5) is 2.42. The fraction of sp³-hybridized carbons (Fsp3) is 0.381. The van der Waals surface area contributed by atoms with Crippen molar-refractivity contribution in [3.8, 4) is 0 Å². The summed E-state index contributed by atoms with van der Waals surface area (Å²) in [6.07, 6.45) is 0. The fourth-order valence-corrected chi connectivity index (χ4v) is 3.83. The van der Waals surface area contributed by atoms with Crippen LogP contribution in [-0.4, -0.2) is 36.3 Å². The van der Waals surface area contributed by atoms with Gasteiger partial charge in [0.25, 0.3) is 0 Å². The van der Waals surface area contributed by atoms with E-state index in [1.807, 2.05) is 19.9 Å². The molecule has 144 valence electrons. The van der Waals surface area contributed by atoms with E-state index in [2.05, 4.69) is 45.9 Å². The third-order valence-electron chi connectivity index (χ3n) is 4.73. The number of halogens is 1. The summed E-state index contributed by atoms with van der Waals surface area (Å²) >= 11 is 11.8. The molecule has 3 rings (SSSR count). The molecule has 4 nitrogen and oxygen atoms in total. The molecule has 0 radical (unpaired) electrons. The normalized spacial score (nSPS) is 14.8. The van der Waals surface area contributed by atoms with E-state index in [-0.39, 0.29) is 0 Å². The Morgan fingerprint density at radius 3 is 2.56 bits per heavy atom. The summed E-state index contributed by atoms with van der Waals surface area (Å²) in [5, 5.41) is 7.81.